The predicted molar refractivity (Wildman–Crippen MR) is 144 cm³/mol. The number of pyridine rings is 1. The fourth-order valence-electron chi connectivity index (χ4n) is 4.87. The van der Waals surface area contributed by atoms with Crippen molar-refractivity contribution in [3.05, 3.63) is 125 Å². The summed E-state index contributed by atoms with van der Waals surface area (Å²) in [5, 5.41) is 9.58. The summed E-state index contributed by atoms with van der Waals surface area (Å²) in [5.74, 6) is 0. The quantitative estimate of drug-likeness (QED) is 0.363. The Bertz CT molecular complexity index is 1520. The Kier molecular flexibility index (Phi) is 7.04. The minimum atomic E-state index is -3.82. The number of aromatic nitrogens is 1. The molecule has 4 aromatic rings. The maximum absolute atomic E-state index is 14.1. The molecule has 0 spiro atoms. The second-order valence-corrected chi connectivity index (χ2v) is 11.3. The predicted octanol–water partition coefficient (Wildman–Crippen LogP) is 5.08. The van der Waals surface area contributed by atoms with Gasteiger partial charge in [-0.25, -0.2) is 8.42 Å². The number of sulfonamides is 1. The van der Waals surface area contributed by atoms with Gasteiger partial charge in [0, 0.05) is 43.8 Å². The zero-order valence-corrected chi connectivity index (χ0v) is 21.5. The molecule has 0 unspecified atom stereocenters. The standard InChI is InChI=1S/C30H28N4O2S/c1-23-9-12-29(13-10-23)37(35,36)34-21-27-16-25(18-31)11-14-30(27)33(20-26-8-5-15-32-19-26)22-28(34)17-24-6-3-2-4-7-24/h2-16,19,28H,17,20-22H2,1H3/t28-/m1/s1. The van der Waals surface area contributed by atoms with Gasteiger partial charge >= 0.3 is 0 Å². The molecule has 0 aliphatic carbocycles. The molecule has 0 radical (unpaired) electrons. The topological polar surface area (TPSA) is 77.3 Å². The van der Waals surface area contributed by atoms with Gasteiger partial charge in [-0.2, -0.15) is 9.57 Å². The summed E-state index contributed by atoms with van der Waals surface area (Å²) in [6.45, 7) is 3.20. The van der Waals surface area contributed by atoms with E-state index in [4.69, 9.17) is 0 Å². The van der Waals surface area contributed by atoms with Gasteiger partial charge in [-0.1, -0.05) is 54.1 Å². The van der Waals surface area contributed by atoms with Crippen molar-refractivity contribution in [2.45, 2.75) is 37.4 Å². The van der Waals surface area contributed by atoms with Crippen molar-refractivity contribution >= 4 is 15.7 Å². The van der Waals surface area contributed by atoms with Crippen LogP contribution in [0.4, 0.5) is 5.69 Å². The first-order valence-electron chi connectivity index (χ1n) is 12.2. The van der Waals surface area contributed by atoms with Crippen molar-refractivity contribution in [3.63, 3.8) is 0 Å². The molecule has 3 aromatic carbocycles. The van der Waals surface area contributed by atoms with Gasteiger partial charge in [-0.3, -0.25) is 4.98 Å². The lowest BCUT2D eigenvalue weighted by molar-refractivity contribution is 0.318. The molecule has 1 aromatic heterocycles. The van der Waals surface area contributed by atoms with Crippen LogP contribution in [0.3, 0.4) is 0 Å². The van der Waals surface area contributed by atoms with Gasteiger partial charge in [0.2, 0.25) is 10.0 Å². The second kappa shape index (κ2) is 10.6. The molecule has 0 bridgehead atoms. The third kappa shape index (κ3) is 5.41. The Morgan fingerprint density at radius 3 is 2.43 bits per heavy atom. The third-order valence-corrected chi connectivity index (χ3v) is 8.66. The Morgan fingerprint density at radius 1 is 0.973 bits per heavy atom. The summed E-state index contributed by atoms with van der Waals surface area (Å²) in [6.07, 6.45) is 4.14. The van der Waals surface area contributed by atoms with Crippen molar-refractivity contribution in [1.29, 1.82) is 5.26 Å². The van der Waals surface area contributed by atoms with Crippen molar-refractivity contribution in [1.82, 2.24) is 9.29 Å². The summed E-state index contributed by atoms with van der Waals surface area (Å²) in [5.41, 5.74) is 5.36. The SMILES string of the molecule is Cc1ccc(S(=O)(=O)N2Cc3cc(C#N)ccc3N(Cc3cccnc3)C[C@H]2Cc2ccccc2)cc1. The molecule has 5 rings (SSSR count). The van der Waals surface area contributed by atoms with Crippen LogP contribution in [0, 0.1) is 18.3 Å². The summed E-state index contributed by atoms with van der Waals surface area (Å²) in [6, 6.07) is 28.3. The summed E-state index contributed by atoms with van der Waals surface area (Å²) in [7, 11) is -3.82. The second-order valence-electron chi connectivity index (χ2n) is 9.40. The summed E-state index contributed by atoms with van der Waals surface area (Å²) < 4.78 is 29.8. The normalized spacial score (nSPS) is 16.0. The molecule has 1 aliphatic heterocycles. The molecule has 0 saturated heterocycles. The number of hydrogen-bond donors (Lipinski definition) is 0. The Hall–Kier alpha value is -3.99. The van der Waals surface area contributed by atoms with Gasteiger partial charge in [0.1, 0.15) is 0 Å². The maximum atomic E-state index is 14.1. The van der Waals surface area contributed by atoms with Crippen LogP contribution >= 0.6 is 0 Å². The average molecular weight is 509 g/mol. The van der Waals surface area contributed by atoms with Crippen molar-refractivity contribution in [3.8, 4) is 6.07 Å². The summed E-state index contributed by atoms with van der Waals surface area (Å²) >= 11 is 0. The van der Waals surface area contributed by atoms with Gasteiger partial charge in [0.15, 0.2) is 0 Å². The minimum absolute atomic E-state index is 0.183. The van der Waals surface area contributed by atoms with Crippen LogP contribution in [-0.2, 0) is 29.5 Å². The number of rotatable bonds is 6. The van der Waals surface area contributed by atoms with Gasteiger partial charge in [0.25, 0.3) is 0 Å². The first kappa shape index (κ1) is 24.7. The number of anilines is 1. The lowest BCUT2D eigenvalue weighted by Gasteiger charge is -2.32. The highest BCUT2D eigenvalue weighted by Gasteiger charge is 2.36. The van der Waals surface area contributed by atoms with Crippen LogP contribution in [0.1, 0.15) is 27.8 Å². The van der Waals surface area contributed by atoms with E-state index in [1.54, 1.807) is 28.7 Å². The monoisotopic (exact) mass is 508 g/mol. The van der Waals surface area contributed by atoms with Crippen molar-refractivity contribution in [2.75, 3.05) is 11.4 Å². The van der Waals surface area contributed by atoms with E-state index in [-0.39, 0.29) is 17.5 Å². The zero-order chi connectivity index (χ0) is 25.8. The summed E-state index contributed by atoms with van der Waals surface area (Å²) in [4.78, 5) is 6.76. The highest BCUT2D eigenvalue weighted by atomic mass is 32.2. The van der Waals surface area contributed by atoms with Crippen LogP contribution in [0.25, 0.3) is 0 Å². The Balaban J connectivity index is 1.62. The molecule has 0 saturated carbocycles. The van der Waals surface area contributed by atoms with E-state index in [0.717, 1.165) is 27.9 Å². The zero-order valence-electron chi connectivity index (χ0n) is 20.7. The molecule has 7 heteroatoms. The number of aryl methyl sites for hydroxylation is 1. The molecule has 0 amide bonds. The number of nitriles is 1. The molecule has 0 fully saturated rings. The van der Waals surface area contributed by atoms with Gasteiger partial charge in [-0.05, 0) is 66.4 Å². The fraction of sp³-hybridized carbons (Fsp3) is 0.200. The third-order valence-electron chi connectivity index (χ3n) is 6.75. The molecule has 37 heavy (non-hydrogen) atoms. The van der Waals surface area contributed by atoms with Crippen molar-refractivity contribution in [2.24, 2.45) is 0 Å². The minimum Gasteiger partial charge on any atom is -0.365 e. The molecule has 1 atom stereocenters. The van der Waals surface area contributed by atoms with Gasteiger partial charge in [-0.15, -0.1) is 0 Å². The number of hydrogen-bond acceptors (Lipinski definition) is 5. The van der Waals surface area contributed by atoms with E-state index in [2.05, 4.69) is 16.0 Å². The lowest BCUT2D eigenvalue weighted by Crippen LogP contribution is -2.45. The number of benzene rings is 3. The van der Waals surface area contributed by atoms with Crippen molar-refractivity contribution < 1.29 is 8.42 Å². The Labute approximate surface area is 218 Å². The van der Waals surface area contributed by atoms with E-state index in [9.17, 15) is 13.7 Å². The Morgan fingerprint density at radius 2 is 1.73 bits per heavy atom. The number of nitrogens with zero attached hydrogens (tertiary/aromatic N) is 4. The van der Waals surface area contributed by atoms with Gasteiger partial charge < -0.3 is 4.90 Å². The largest absolute Gasteiger partial charge is 0.365 e. The van der Waals surface area contributed by atoms with Crippen LogP contribution in [0.15, 0.2) is 102 Å². The molecular weight excluding hydrogens is 480 g/mol. The first-order valence-corrected chi connectivity index (χ1v) is 13.7. The van der Waals surface area contributed by atoms with E-state index in [1.165, 1.54) is 0 Å². The van der Waals surface area contributed by atoms with E-state index in [1.807, 2.05) is 79.9 Å². The van der Waals surface area contributed by atoms with Crippen LogP contribution < -0.4 is 4.90 Å². The van der Waals surface area contributed by atoms with E-state index in [0.29, 0.717) is 25.1 Å². The first-order chi connectivity index (χ1) is 17.9. The van der Waals surface area contributed by atoms with E-state index < -0.39 is 10.0 Å². The fourth-order valence-corrected chi connectivity index (χ4v) is 6.47. The molecule has 186 valence electrons. The van der Waals surface area contributed by atoms with Crippen LogP contribution in [-0.4, -0.2) is 30.3 Å². The average Bonchev–Trinajstić information content (AvgIpc) is 3.07. The maximum Gasteiger partial charge on any atom is 0.243 e. The molecule has 6 nitrogen and oxygen atoms in total. The smallest absolute Gasteiger partial charge is 0.243 e. The highest BCUT2D eigenvalue weighted by Crippen LogP contribution is 2.34. The lowest BCUT2D eigenvalue weighted by atomic mass is 10.1. The van der Waals surface area contributed by atoms with Crippen LogP contribution in [0.5, 0.6) is 0 Å². The van der Waals surface area contributed by atoms with Crippen LogP contribution in [0.2, 0.25) is 0 Å². The van der Waals surface area contributed by atoms with E-state index >= 15 is 0 Å². The highest BCUT2D eigenvalue weighted by molar-refractivity contribution is 7.89. The molecule has 2 heterocycles. The number of fused-ring (bicyclic) bond motifs is 1. The molecule has 1 aliphatic rings. The van der Waals surface area contributed by atoms with Gasteiger partial charge in [0.05, 0.1) is 16.5 Å². The molecule has 0 N–H and O–H groups in total. The molecular formula is C30H28N4O2S.